The molecule has 1 atom stereocenters. The van der Waals surface area contributed by atoms with E-state index in [1.165, 1.54) is 13.0 Å². The topological polar surface area (TPSA) is 96.2 Å². The molecule has 1 fully saturated rings. The SMILES string of the molecule is CC(=O)N[C@H]1CCN(c2nc(Nc3cc(N)cc(C(F)(F)F)c3)nc3cccc(C)c23)C1. The minimum atomic E-state index is -4.52. The first-order valence-corrected chi connectivity index (χ1v) is 10.1. The lowest BCUT2D eigenvalue weighted by atomic mass is 10.1. The van der Waals surface area contributed by atoms with Crippen molar-refractivity contribution in [3.8, 4) is 0 Å². The van der Waals surface area contributed by atoms with Gasteiger partial charge in [0, 0.05) is 42.8 Å². The maximum absolute atomic E-state index is 13.2. The van der Waals surface area contributed by atoms with Gasteiger partial charge < -0.3 is 21.3 Å². The van der Waals surface area contributed by atoms with Crippen molar-refractivity contribution < 1.29 is 18.0 Å². The molecule has 4 rings (SSSR count). The van der Waals surface area contributed by atoms with Crippen molar-refractivity contribution in [1.29, 1.82) is 0 Å². The third-order valence-corrected chi connectivity index (χ3v) is 5.35. The lowest BCUT2D eigenvalue weighted by Crippen LogP contribution is -2.35. The Morgan fingerprint density at radius 3 is 2.72 bits per heavy atom. The van der Waals surface area contributed by atoms with Crippen molar-refractivity contribution in [3.63, 3.8) is 0 Å². The highest BCUT2D eigenvalue weighted by atomic mass is 19.4. The van der Waals surface area contributed by atoms with Crippen LogP contribution < -0.4 is 21.3 Å². The molecule has 10 heteroatoms. The molecule has 32 heavy (non-hydrogen) atoms. The third-order valence-electron chi connectivity index (χ3n) is 5.35. The molecule has 0 aliphatic carbocycles. The summed E-state index contributed by atoms with van der Waals surface area (Å²) in [5, 5.41) is 6.67. The van der Waals surface area contributed by atoms with Crippen molar-refractivity contribution in [2.24, 2.45) is 0 Å². The Kier molecular flexibility index (Phi) is 5.53. The Labute approximate surface area is 182 Å². The second-order valence-electron chi connectivity index (χ2n) is 7.94. The lowest BCUT2D eigenvalue weighted by molar-refractivity contribution is -0.137. The molecule has 1 aliphatic rings. The maximum Gasteiger partial charge on any atom is 0.416 e. The number of aryl methyl sites for hydroxylation is 1. The highest BCUT2D eigenvalue weighted by molar-refractivity contribution is 5.93. The molecule has 1 saturated heterocycles. The van der Waals surface area contributed by atoms with Crippen molar-refractivity contribution in [2.45, 2.75) is 32.5 Å². The van der Waals surface area contributed by atoms with E-state index < -0.39 is 11.7 Å². The summed E-state index contributed by atoms with van der Waals surface area (Å²) in [7, 11) is 0. The number of nitrogens with two attached hydrogens (primary N) is 1. The van der Waals surface area contributed by atoms with Gasteiger partial charge in [-0.25, -0.2) is 4.98 Å². The molecule has 1 amide bonds. The summed E-state index contributed by atoms with van der Waals surface area (Å²) in [5.74, 6) is 0.744. The standard InChI is InChI=1S/C22H23F3N6O/c1-12-4-3-5-18-19(12)20(31-7-6-16(11-31)27-13(2)32)30-21(29-18)28-17-9-14(22(23,24)25)8-15(26)10-17/h3-5,8-10,16H,6-7,11,26H2,1-2H3,(H,27,32)(H,28,29,30)/t16-/m0/s1. The number of amides is 1. The maximum atomic E-state index is 13.2. The number of carbonyl (C=O) groups is 1. The first-order valence-electron chi connectivity index (χ1n) is 10.1. The largest absolute Gasteiger partial charge is 0.416 e. The number of rotatable bonds is 4. The van der Waals surface area contributed by atoms with Crippen LogP contribution in [0.3, 0.4) is 0 Å². The molecule has 0 bridgehead atoms. The molecule has 2 heterocycles. The Hall–Kier alpha value is -3.56. The van der Waals surface area contributed by atoms with Gasteiger partial charge in [0.05, 0.1) is 11.1 Å². The highest BCUT2D eigenvalue weighted by Gasteiger charge is 2.31. The van der Waals surface area contributed by atoms with E-state index in [-0.39, 0.29) is 29.3 Å². The van der Waals surface area contributed by atoms with Gasteiger partial charge in [0.1, 0.15) is 5.82 Å². The van der Waals surface area contributed by atoms with Gasteiger partial charge in [0.2, 0.25) is 11.9 Å². The van der Waals surface area contributed by atoms with Crippen LogP contribution in [0.15, 0.2) is 36.4 Å². The average Bonchev–Trinajstić information content (AvgIpc) is 3.14. The van der Waals surface area contributed by atoms with E-state index in [0.717, 1.165) is 29.5 Å². The minimum Gasteiger partial charge on any atom is -0.399 e. The molecule has 7 nitrogen and oxygen atoms in total. The van der Waals surface area contributed by atoms with Crippen molar-refractivity contribution >= 4 is 40.0 Å². The molecule has 0 spiro atoms. The zero-order valence-corrected chi connectivity index (χ0v) is 17.6. The molecule has 1 aromatic heterocycles. The average molecular weight is 444 g/mol. The van der Waals surface area contributed by atoms with Gasteiger partial charge in [-0.2, -0.15) is 18.2 Å². The number of hydrogen-bond acceptors (Lipinski definition) is 6. The number of fused-ring (bicyclic) bond motifs is 1. The molecular formula is C22H23F3N6O. The Balaban J connectivity index is 1.73. The van der Waals surface area contributed by atoms with Crippen LogP contribution in [0.1, 0.15) is 24.5 Å². The van der Waals surface area contributed by atoms with E-state index in [1.54, 1.807) is 0 Å². The quantitative estimate of drug-likeness (QED) is 0.527. The molecule has 1 aliphatic heterocycles. The van der Waals surface area contributed by atoms with Gasteiger partial charge >= 0.3 is 6.18 Å². The molecule has 2 aromatic carbocycles. The van der Waals surface area contributed by atoms with Crippen LogP contribution in [0.4, 0.5) is 36.3 Å². The molecule has 0 radical (unpaired) electrons. The summed E-state index contributed by atoms with van der Waals surface area (Å²) in [6, 6.07) is 8.92. The molecule has 4 N–H and O–H groups in total. The summed E-state index contributed by atoms with van der Waals surface area (Å²) < 4.78 is 39.6. The Morgan fingerprint density at radius 2 is 2.00 bits per heavy atom. The van der Waals surface area contributed by atoms with E-state index in [1.807, 2.05) is 25.1 Å². The molecule has 168 valence electrons. The molecule has 0 unspecified atom stereocenters. The van der Waals surface area contributed by atoms with E-state index in [2.05, 4.69) is 25.5 Å². The minimum absolute atomic E-state index is 0.00112. The predicted octanol–water partition coefficient (Wildman–Crippen LogP) is 4.00. The lowest BCUT2D eigenvalue weighted by Gasteiger charge is -2.21. The number of nitrogens with one attached hydrogen (secondary N) is 2. The summed E-state index contributed by atoms with van der Waals surface area (Å²) >= 11 is 0. The first-order chi connectivity index (χ1) is 15.1. The van der Waals surface area contributed by atoms with Crippen LogP contribution >= 0.6 is 0 Å². The second kappa shape index (κ2) is 8.18. The zero-order chi connectivity index (χ0) is 23.0. The fraction of sp³-hybridized carbons (Fsp3) is 0.318. The van der Waals surface area contributed by atoms with Gasteiger partial charge in [0.15, 0.2) is 0 Å². The van der Waals surface area contributed by atoms with Crippen LogP contribution in [0.2, 0.25) is 0 Å². The summed E-state index contributed by atoms with van der Waals surface area (Å²) in [6.07, 6.45) is -3.75. The fourth-order valence-electron chi connectivity index (χ4n) is 3.99. The van der Waals surface area contributed by atoms with Gasteiger partial charge in [-0.1, -0.05) is 12.1 Å². The summed E-state index contributed by atoms with van der Waals surface area (Å²) in [6.45, 7) is 4.70. The third kappa shape index (κ3) is 4.53. The zero-order valence-electron chi connectivity index (χ0n) is 17.6. The van der Waals surface area contributed by atoms with E-state index in [9.17, 15) is 18.0 Å². The number of alkyl halides is 3. The van der Waals surface area contributed by atoms with Crippen LogP contribution in [-0.4, -0.2) is 35.0 Å². The van der Waals surface area contributed by atoms with Gasteiger partial charge in [-0.3, -0.25) is 4.79 Å². The van der Waals surface area contributed by atoms with Crippen LogP contribution in [0.25, 0.3) is 10.9 Å². The number of nitrogen functional groups attached to an aromatic ring is 1. The van der Waals surface area contributed by atoms with E-state index in [0.29, 0.717) is 24.4 Å². The van der Waals surface area contributed by atoms with Crippen molar-refractivity contribution in [1.82, 2.24) is 15.3 Å². The molecule has 0 saturated carbocycles. The number of benzene rings is 2. The Morgan fingerprint density at radius 1 is 1.22 bits per heavy atom. The van der Waals surface area contributed by atoms with Gasteiger partial charge in [-0.15, -0.1) is 0 Å². The van der Waals surface area contributed by atoms with Crippen molar-refractivity contribution in [2.75, 3.05) is 29.0 Å². The molecule has 3 aromatic rings. The fourth-order valence-corrected chi connectivity index (χ4v) is 3.99. The summed E-state index contributed by atoms with van der Waals surface area (Å²) in [5.41, 5.74) is 6.61. The number of anilines is 4. The van der Waals surface area contributed by atoms with Crippen molar-refractivity contribution in [3.05, 3.63) is 47.5 Å². The van der Waals surface area contributed by atoms with Crippen LogP contribution in [0, 0.1) is 6.92 Å². The summed E-state index contributed by atoms with van der Waals surface area (Å²) in [4.78, 5) is 22.7. The highest BCUT2D eigenvalue weighted by Crippen LogP contribution is 2.35. The van der Waals surface area contributed by atoms with Crippen LogP contribution in [-0.2, 0) is 11.0 Å². The number of nitrogens with zero attached hydrogens (tertiary/aromatic N) is 3. The first kappa shape index (κ1) is 21.7. The smallest absolute Gasteiger partial charge is 0.399 e. The monoisotopic (exact) mass is 444 g/mol. The number of hydrogen-bond donors (Lipinski definition) is 3. The van der Waals surface area contributed by atoms with Gasteiger partial charge in [0.25, 0.3) is 0 Å². The normalized spacial score (nSPS) is 16.4. The van der Waals surface area contributed by atoms with E-state index >= 15 is 0 Å². The molecular weight excluding hydrogens is 421 g/mol. The number of aromatic nitrogens is 2. The van der Waals surface area contributed by atoms with E-state index in [4.69, 9.17) is 5.73 Å². The predicted molar refractivity (Wildman–Crippen MR) is 118 cm³/mol. The van der Waals surface area contributed by atoms with Crippen LogP contribution in [0.5, 0.6) is 0 Å². The Bertz CT molecular complexity index is 1180. The number of carbonyl (C=O) groups excluding carboxylic acids is 1. The van der Waals surface area contributed by atoms with Gasteiger partial charge in [-0.05, 0) is 43.2 Å². The number of halogens is 3. The second-order valence-corrected chi connectivity index (χ2v) is 7.94.